The Hall–Kier alpha value is -6.64. The number of hydrogen-bond acceptors (Lipinski definition) is 2. The second kappa shape index (κ2) is 12.3. The number of fused-ring (bicyclic) bond motifs is 6. The molecule has 0 saturated heterocycles. The first kappa shape index (κ1) is 31.1. The molecule has 0 bridgehead atoms. The first-order valence-electron chi connectivity index (χ1n) is 18.3. The van der Waals surface area contributed by atoms with Crippen LogP contribution in [-0.2, 0) is 5.41 Å². The fourth-order valence-electron chi connectivity index (χ4n) is 8.30. The third-order valence-electron chi connectivity index (χ3n) is 11.1. The van der Waals surface area contributed by atoms with Crippen molar-refractivity contribution < 1.29 is 4.42 Å². The lowest BCUT2D eigenvalue weighted by Crippen LogP contribution is -2.16. The van der Waals surface area contributed by atoms with Crippen LogP contribution in [-0.4, -0.2) is 0 Å². The molecule has 0 atom stereocenters. The van der Waals surface area contributed by atoms with Crippen LogP contribution in [0.15, 0.2) is 192 Å². The first-order chi connectivity index (χ1) is 26.0. The summed E-state index contributed by atoms with van der Waals surface area (Å²) in [5, 5.41) is 2.28. The van der Waals surface area contributed by atoms with Gasteiger partial charge in [-0.25, -0.2) is 0 Å². The fraction of sp³-hybridized carbons (Fsp3) is 0.0588. The van der Waals surface area contributed by atoms with Gasteiger partial charge in [-0.05, 0) is 116 Å². The van der Waals surface area contributed by atoms with Crippen molar-refractivity contribution in [2.45, 2.75) is 19.3 Å². The van der Waals surface area contributed by atoms with Crippen molar-refractivity contribution in [2.75, 3.05) is 4.90 Å². The van der Waals surface area contributed by atoms with E-state index >= 15 is 0 Å². The smallest absolute Gasteiger partial charge is 0.135 e. The Labute approximate surface area is 310 Å². The van der Waals surface area contributed by atoms with Crippen molar-refractivity contribution in [1.82, 2.24) is 0 Å². The summed E-state index contributed by atoms with van der Waals surface area (Å²) in [5.74, 6) is 0. The number of rotatable bonds is 6. The zero-order valence-electron chi connectivity index (χ0n) is 29.8. The predicted molar refractivity (Wildman–Crippen MR) is 222 cm³/mol. The van der Waals surface area contributed by atoms with Crippen LogP contribution in [0.3, 0.4) is 0 Å². The summed E-state index contributed by atoms with van der Waals surface area (Å²) in [5.41, 5.74) is 17.6. The van der Waals surface area contributed by atoms with Crippen molar-refractivity contribution in [3.8, 4) is 44.5 Å². The van der Waals surface area contributed by atoms with E-state index < -0.39 is 0 Å². The van der Waals surface area contributed by atoms with Crippen LogP contribution in [0.5, 0.6) is 0 Å². The Morgan fingerprint density at radius 2 is 0.887 bits per heavy atom. The van der Waals surface area contributed by atoms with Crippen molar-refractivity contribution in [3.05, 3.63) is 199 Å². The van der Waals surface area contributed by atoms with Gasteiger partial charge >= 0.3 is 0 Å². The highest BCUT2D eigenvalue weighted by Gasteiger charge is 2.35. The van der Waals surface area contributed by atoms with E-state index in [1.165, 1.54) is 55.6 Å². The molecule has 10 rings (SSSR count). The zero-order valence-corrected chi connectivity index (χ0v) is 29.8. The number of para-hydroxylation sites is 1. The maximum atomic E-state index is 6.11. The lowest BCUT2D eigenvalue weighted by molar-refractivity contribution is 0.660. The van der Waals surface area contributed by atoms with Crippen molar-refractivity contribution in [1.29, 1.82) is 0 Å². The Balaban J connectivity index is 1.05. The summed E-state index contributed by atoms with van der Waals surface area (Å²) >= 11 is 0. The maximum Gasteiger partial charge on any atom is 0.135 e. The molecule has 1 heterocycles. The second-order valence-electron chi connectivity index (χ2n) is 14.6. The molecule has 9 aromatic rings. The number of furan rings is 1. The first-order valence-corrected chi connectivity index (χ1v) is 18.3. The van der Waals surface area contributed by atoms with Gasteiger partial charge in [-0.3, -0.25) is 0 Å². The largest absolute Gasteiger partial charge is 0.456 e. The van der Waals surface area contributed by atoms with Gasteiger partial charge in [0.25, 0.3) is 0 Å². The summed E-state index contributed by atoms with van der Waals surface area (Å²) in [6.45, 7) is 4.69. The van der Waals surface area contributed by atoms with Crippen LogP contribution in [0.2, 0.25) is 0 Å². The number of hydrogen-bond donors (Lipinski definition) is 0. The second-order valence-corrected chi connectivity index (χ2v) is 14.6. The molecule has 0 spiro atoms. The third kappa shape index (κ3) is 5.26. The van der Waals surface area contributed by atoms with Gasteiger partial charge < -0.3 is 9.32 Å². The minimum absolute atomic E-state index is 0.0962. The molecule has 1 aliphatic carbocycles. The molecule has 0 radical (unpaired) electrons. The summed E-state index contributed by atoms with van der Waals surface area (Å²) in [7, 11) is 0. The molecule has 1 aliphatic rings. The summed E-state index contributed by atoms with van der Waals surface area (Å²) in [4.78, 5) is 2.39. The Bertz CT molecular complexity index is 2790. The average molecular weight is 680 g/mol. The molecule has 0 saturated carbocycles. The highest BCUT2D eigenvalue weighted by Crippen LogP contribution is 2.50. The molecule has 1 aromatic heterocycles. The molecule has 0 unspecified atom stereocenters. The van der Waals surface area contributed by atoms with Crippen LogP contribution in [0.4, 0.5) is 17.1 Å². The van der Waals surface area contributed by atoms with Crippen LogP contribution in [0.1, 0.15) is 25.0 Å². The van der Waals surface area contributed by atoms with Crippen LogP contribution < -0.4 is 4.90 Å². The molecule has 0 fully saturated rings. The molecule has 2 heteroatoms. The topological polar surface area (TPSA) is 16.4 Å². The predicted octanol–water partition coefficient (Wildman–Crippen LogP) is 14.4. The lowest BCUT2D eigenvalue weighted by atomic mass is 9.82. The van der Waals surface area contributed by atoms with E-state index in [1.54, 1.807) is 0 Å². The lowest BCUT2D eigenvalue weighted by Gasteiger charge is -2.28. The Morgan fingerprint density at radius 3 is 1.62 bits per heavy atom. The summed E-state index contributed by atoms with van der Waals surface area (Å²) in [6.07, 6.45) is 0. The standard InChI is InChI=1S/C51H37NO/c1-51(2)47-17-8-6-15-43(47)44-29-28-42(33-48(44)51)52(40-24-19-35(20-25-40)38-14-10-13-37(31-38)34-11-4-3-5-12-34)41-26-21-36(22-27-41)39-23-30-50-46(32-39)45-16-7-9-18-49(45)53-50/h3-33H,1-2H3. The van der Waals surface area contributed by atoms with E-state index in [0.29, 0.717) is 0 Å². The molecule has 0 aliphatic heterocycles. The number of nitrogens with zero attached hydrogens (tertiary/aromatic N) is 1. The van der Waals surface area contributed by atoms with E-state index in [0.717, 1.165) is 39.0 Å². The highest BCUT2D eigenvalue weighted by atomic mass is 16.3. The van der Waals surface area contributed by atoms with E-state index in [2.05, 4.69) is 195 Å². The number of anilines is 3. The van der Waals surface area contributed by atoms with E-state index in [9.17, 15) is 0 Å². The number of benzene rings is 8. The third-order valence-corrected chi connectivity index (χ3v) is 11.1. The van der Waals surface area contributed by atoms with Gasteiger partial charge in [0.05, 0.1) is 0 Å². The minimum atomic E-state index is -0.0962. The van der Waals surface area contributed by atoms with Crippen molar-refractivity contribution >= 4 is 39.0 Å². The van der Waals surface area contributed by atoms with Gasteiger partial charge in [-0.2, -0.15) is 0 Å². The minimum Gasteiger partial charge on any atom is -0.456 e. The zero-order chi connectivity index (χ0) is 35.5. The van der Waals surface area contributed by atoms with Gasteiger partial charge in [0.2, 0.25) is 0 Å². The molecule has 8 aromatic carbocycles. The molecular weight excluding hydrogens is 643 g/mol. The van der Waals surface area contributed by atoms with Crippen LogP contribution >= 0.6 is 0 Å². The molecule has 252 valence electrons. The van der Waals surface area contributed by atoms with Crippen molar-refractivity contribution in [2.24, 2.45) is 0 Å². The van der Waals surface area contributed by atoms with Gasteiger partial charge in [-0.1, -0.05) is 141 Å². The van der Waals surface area contributed by atoms with E-state index in [-0.39, 0.29) is 5.41 Å². The fourth-order valence-corrected chi connectivity index (χ4v) is 8.30. The van der Waals surface area contributed by atoms with E-state index in [4.69, 9.17) is 4.42 Å². The molecule has 0 amide bonds. The molecule has 53 heavy (non-hydrogen) atoms. The quantitative estimate of drug-likeness (QED) is 0.174. The summed E-state index contributed by atoms with van der Waals surface area (Å²) in [6, 6.07) is 68.0. The van der Waals surface area contributed by atoms with Gasteiger partial charge in [-0.15, -0.1) is 0 Å². The van der Waals surface area contributed by atoms with Gasteiger partial charge in [0, 0.05) is 33.2 Å². The summed E-state index contributed by atoms with van der Waals surface area (Å²) < 4.78 is 6.11. The van der Waals surface area contributed by atoms with Gasteiger partial charge in [0.15, 0.2) is 0 Å². The normalized spacial score (nSPS) is 12.9. The van der Waals surface area contributed by atoms with Crippen LogP contribution in [0, 0.1) is 0 Å². The maximum absolute atomic E-state index is 6.11. The SMILES string of the molecule is CC1(C)c2ccccc2-c2ccc(N(c3ccc(-c4cccc(-c5ccccc5)c4)cc3)c3ccc(-c4ccc5oc6ccccc6c5c4)cc3)cc21. The highest BCUT2D eigenvalue weighted by molar-refractivity contribution is 6.06. The molecule has 0 N–H and O–H groups in total. The monoisotopic (exact) mass is 679 g/mol. The van der Waals surface area contributed by atoms with Crippen LogP contribution in [0.25, 0.3) is 66.4 Å². The Kier molecular flexibility index (Phi) is 7.19. The van der Waals surface area contributed by atoms with E-state index in [1.807, 2.05) is 12.1 Å². The average Bonchev–Trinajstić information content (AvgIpc) is 3.70. The van der Waals surface area contributed by atoms with Gasteiger partial charge in [0.1, 0.15) is 11.2 Å². The molecular formula is C51H37NO. The van der Waals surface area contributed by atoms with Crippen molar-refractivity contribution in [3.63, 3.8) is 0 Å². The molecule has 2 nitrogen and oxygen atoms in total. The Morgan fingerprint density at radius 1 is 0.358 bits per heavy atom.